The summed E-state index contributed by atoms with van der Waals surface area (Å²) in [5.74, 6) is -0.463. The van der Waals surface area contributed by atoms with Crippen molar-refractivity contribution in [2.45, 2.75) is 72.8 Å². The molecule has 1 N–H and O–H groups in total. The molecule has 1 heterocycles. The maximum Gasteiger partial charge on any atom is 0.262 e. The Morgan fingerprint density at radius 3 is 2.09 bits per heavy atom. The van der Waals surface area contributed by atoms with Crippen molar-refractivity contribution in [1.29, 1.82) is 0 Å². The van der Waals surface area contributed by atoms with E-state index in [1.165, 1.54) is 0 Å². The Morgan fingerprint density at radius 1 is 0.848 bits per heavy atom. The SMILES string of the molecule is Cc1cccc(NC(=O)COc2ccc(Cl)cc2C2C3=C(CC(C)(C)CC3=O)N(Cc3ccccc3)C3=C2C(=O)CC(C)(C)C3)c1. The number of nitrogens with zero attached hydrogens (tertiary/aromatic N) is 1. The van der Waals surface area contributed by atoms with Crippen LogP contribution < -0.4 is 10.1 Å². The highest BCUT2D eigenvalue weighted by molar-refractivity contribution is 6.30. The minimum atomic E-state index is -0.641. The summed E-state index contributed by atoms with van der Waals surface area (Å²) in [6.07, 6.45) is 2.13. The predicted octanol–water partition coefficient (Wildman–Crippen LogP) is 8.55. The van der Waals surface area contributed by atoms with Gasteiger partial charge in [0.1, 0.15) is 5.75 Å². The van der Waals surface area contributed by atoms with Gasteiger partial charge in [0.2, 0.25) is 0 Å². The van der Waals surface area contributed by atoms with Crippen molar-refractivity contribution in [1.82, 2.24) is 4.90 Å². The van der Waals surface area contributed by atoms with Gasteiger partial charge < -0.3 is 15.0 Å². The van der Waals surface area contributed by atoms with Gasteiger partial charge in [0.15, 0.2) is 18.2 Å². The second-order valence-corrected chi connectivity index (χ2v) is 14.9. The topological polar surface area (TPSA) is 75.7 Å². The molecule has 46 heavy (non-hydrogen) atoms. The Morgan fingerprint density at radius 2 is 1.48 bits per heavy atom. The van der Waals surface area contributed by atoms with Gasteiger partial charge in [0, 0.05) is 64.1 Å². The van der Waals surface area contributed by atoms with Crippen molar-refractivity contribution in [2.24, 2.45) is 10.8 Å². The first-order valence-corrected chi connectivity index (χ1v) is 16.3. The molecule has 3 aromatic carbocycles. The number of nitrogens with one attached hydrogen (secondary N) is 1. The van der Waals surface area contributed by atoms with E-state index >= 15 is 0 Å². The summed E-state index contributed by atoms with van der Waals surface area (Å²) >= 11 is 6.62. The molecule has 0 unspecified atom stereocenters. The molecule has 1 aliphatic heterocycles. The van der Waals surface area contributed by atoms with E-state index in [1.807, 2.05) is 49.4 Å². The van der Waals surface area contributed by atoms with Crippen LogP contribution in [0.3, 0.4) is 0 Å². The van der Waals surface area contributed by atoms with Crippen molar-refractivity contribution in [3.63, 3.8) is 0 Å². The minimum absolute atomic E-state index is 0.0293. The molecule has 0 bridgehead atoms. The summed E-state index contributed by atoms with van der Waals surface area (Å²) in [7, 11) is 0. The van der Waals surface area contributed by atoms with Gasteiger partial charge in [0.05, 0.1) is 0 Å². The summed E-state index contributed by atoms with van der Waals surface area (Å²) in [5, 5.41) is 3.36. The molecule has 3 aromatic rings. The monoisotopic (exact) mass is 636 g/mol. The average Bonchev–Trinajstić information content (AvgIpc) is 2.96. The third-order valence-corrected chi connectivity index (χ3v) is 9.38. The first kappa shape index (κ1) is 31.8. The van der Waals surface area contributed by atoms with Crippen molar-refractivity contribution in [2.75, 3.05) is 11.9 Å². The molecule has 0 fully saturated rings. The predicted molar refractivity (Wildman–Crippen MR) is 182 cm³/mol. The Hall–Kier alpha value is -4.16. The fraction of sp³-hybridized carbons (Fsp3) is 0.359. The van der Waals surface area contributed by atoms with Gasteiger partial charge in [-0.25, -0.2) is 0 Å². The van der Waals surface area contributed by atoms with Crippen LogP contribution in [0.4, 0.5) is 5.69 Å². The molecular formula is C39H41ClN2O4. The van der Waals surface area contributed by atoms with Crippen molar-refractivity contribution < 1.29 is 19.1 Å². The molecule has 0 saturated heterocycles. The van der Waals surface area contributed by atoms with E-state index in [4.69, 9.17) is 16.3 Å². The number of aryl methyl sites for hydroxylation is 1. The average molecular weight is 637 g/mol. The summed E-state index contributed by atoms with van der Waals surface area (Å²) < 4.78 is 6.19. The number of benzene rings is 3. The Labute approximate surface area is 276 Å². The smallest absolute Gasteiger partial charge is 0.262 e. The molecule has 0 aromatic heterocycles. The van der Waals surface area contributed by atoms with Crippen LogP contribution in [0.2, 0.25) is 5.02 Å². The highest BCUT2D eigenvalue weighted by Crippen LogP contribution is 2.56. The third-order valence-electron chi connectivity index (χ3n) is 9.15. The van der Waals surface area contributed by atoms with E-state index < -0.39 is 5.92 Å². The molecule has 6 nitrogen and oxygen atoms in total. The number of rotatable bonds is 7. The van der Waals surface area contributed by atoms with Crippen LogP contribution in [0, 0.1) is 17.8 Å². The first-order chi connectivity index (χ1) is 21.8. The number of anilines is 1. The number of Topliss-reactive ketones (excluding diaryl/α,β-unsaturated/α-hetero) is 2. The molecule has 2 aliphatic carbocycles. The molecular weight excluding hydrogens is 596 g/mol. The fourth-order valence-corrected chi connectivity index (χ4v) is 7.44. The summed E-state index contributed by atoms with van der Waals surface area (Å²) in [4.78, 5) is 43.8. The first-order valence-electron chi connectivity index (χ1n) is 15.9. The van der Waals surface area contributed by atoms with Crippen molar-refractivity contribution in [3.8, 4) is 5.75 Å². The quantitative estimate of drug-likeness (QED) is 0.281. The fourth-order valence-electron chi connectivity index (χ4n) is 7.26. The second kappa shape index (κ2) is 12.2. The van der Waals surface area contributed by atoms with Crippen molar-refractivity contribution >= 4 is 34.8 Å². The Balaban J connectivity index is 1.46. The molecule has 7 heteroatoms. The zero-order chi connectivity index (χ0) is 32.8. The Bertz CT molecular complexity index is 1730. The lowest BCUT2D eigenvalue weighted by Crippen LogP contribution is -2.44. The number of ketones is 2. The molecule has 0 radical (unpaired) electrons. The number of halogens is 1. The largest absolute Gasteiger partial charge is 0.483 e. The maximum absolute atomic E-state index is 14.3. The van der Waals surface area contributed by atoms with E-state index in [0.717, 1.165) is 22.5 Å². The lowest BCUT2D eigenvalue weighted by molar-refractivity contribution is -0.120. The lowest BCUT2D eigenvalue weighted by atomic mass is 9.63. The molecule has 3 aliphatic rings. The highest BCUT2D eigenvalue weighted by Gasteiger charge is 2.49. The van der Waals surface area contributed by atoms with E-state index in [-0.39, 0.29) is 34.9 Å². The molecule has 6 rings (SSSR count). The van der Waals surface area contributed by atoms with Crippen LogP contribution in [-0.4, -0.2) is 29.0 Å². The summed E-state index contributed by atoms with van der Waals surface area (Å²) in [6, 6.07) is 23.0. The number of hydrogen-bond acceptors (Lipinski definition) is 5. The molecule has 0 saturated carbocycles. The summed E-state index contributed by atoms with van der Waals surface area (Å²) in [6.45, 7) is 10.8. The molecule has 0 atom stereocenters. The second-order valence-electron chi connectivity index (χ2n) is 14.5. The molecule has 0 spiro atoms. The van der Waals surface area contributed by atoms with Gasteiger partial charge in [-0.3, -0.25) is 14.4 Å². The van der Waals surface area contributed by atoms with Gasteiger partial charge in [-0.1, -0.05) is 81.8 Å². The lowest BCUT2D eigenvalue weighted by Gasteiger charge is -2.49. The van der Waals surface area contributed by atoms with Gasteiger partial charge >= 0.3 is 0 Å². The van der Waals surface area contributed by atoms with Gasteiger partial charge in [-0.2, -0.15) is 0 Å². The molecule has 238 valence electrons. The minimum Gasteiger partial charge on any atom is -0.483 e. The van der Waals surface area contributed by atoms with Gasteiger partial charge in [0.25, 0.3) is 5.91 Å². The highest BCUT2D eigenvalue weighted by atomic mass is 35.5. The maximum atomic E-state index is 14.3. The van der Waals surface area contributed by atoms with Crippen LogP contribution in [-0.2, 0) is 20.9 Å². The van der Waals surface area contributed by atoms with Gasteiger partial charge in [-0.15, -0.1) is 0 Å². The molecule has 1 amide bonds. The van der Waals surface area contributed by atoms with Crippen LogP contribution >= 0.6 is 11.6 Å². The Kier molecular flexibility index (Phi) is 8.45. The van der Waals surface area contributed by atoms with E-state index in [1.54, 1.807) is 18.2 Å². The zero-order valence-corrected chi connectivity index (χ0v) is 28.0. The van der Waals surface area contributed by atoms with Crippen LogP contribution in [0.25, 0.3) is 0 Å². The van der Waals surface area contributed by atoms with Crippen LogP contribution in [0.1, 0.15) is 76.0 Å². The number of amides is 1. The van der Waals surface area contributed by atoms with Crippen molar-refractivity contribution in [3.05, 3.63) is 117 Å². The number of carbonyl (C=O) groups is 3. The number of carbonyl (C=O) groups excluding carboxylic acids is 3. The van der Waals surface area contributed by atoms with E-state index in [2.05, 4.69) is 50.0 Å². The van der Waals surface area contributed by atoms with Gasteiger partial charge in [-0.05, 0) is 72.1 Å². The zero-order valence-electron chi connectivity index (χ0n) is 27.2. The van der Waals surface area contributed by atoms with Crippen LogP contribution in [0.5, 0.6) is 5.75 Å². The number of ether oxygens (including phenoxy) is 1. The third kappa shape index (κ3) is 6.54. The normalized spacial score (nSPS) is 19.1. The van der Waals surface area contributed by atoms with E-state index in [0.29, 0.717) is 65.4 Å². The summed E-state index contributed by atoms with van der Waals surface area (Å²) in [5.41, 5.74) is 6.17. The number of allylic oxidation sites excluding steroid dienone is 4. The standard InChI is InChI=1S/C39H41ClN2O4/c1-24-10-9-13-27(16-24)41-34(45)23-46-33-15-14-26(40)17-28(33)35-36-29(18-38(2,3)20-31(36)43)42(22-25-11-7-6-8-12-25)30-19-39(4,5)21-32(44)37(30)35/h6-17,35H,18-23H2,1-5H3,(H,41,45). The van der Waals surface area contributed by atoms with Crippen LogP contribution in [0.15, 0.2) is 95.3 Å². The van der Waals surface area contributed by atoms with E-state index in [9.17, 15) is 14.4 Å². The number of hydrogen-bond donors (Lipinski definition) is 1.